The summed E-state index contributed by atoms with van der Waals surface area (Å²) in [6.45, 7) is -0.204. The number of halogens is 1. The minimum Gasteiger partial charge on any atom is -0.481 e. The van der Waals surface area contributed by atoms with Crippen molar-refractivity contribution in [3.8, 4) is 17.4 Å². The predicted octanol–water partition coefficient (Wildman–Crippen LogP) is 2.57. The van der Waals surface area contributed by atoms with Gasteiger partial charge in [0.15, 0.2) is 11.6 Å². The van der Waals surface area contributed by atoms with Crippen LogP contribution in [0, 0.1) is 5.82 Å². The van der Waals surface area contributed by atoms with Gasteiger partial charge in [-0.1, -0.05) is 6.07 Å². The molecule has 4 heterocycles. The molecule has 136 valence electrons. The van der Waals surface area contributed by atoms with Gasteiger partial charge in [-0.15, -0.1) is 5.10 Å². The third-order valence-corrected chi connectivity index (χ3v) is 3.95. The summed E-state index contributed by atoms with van der Waals surface area (Å²) in [6, 6.07) is 8.46. The van der Waals surface area contributed by atoms with Crippen molar-refractivity contribution in [3.63, 3.8) is 0 Å². The van der Waals surface area contributed by atoms with Crippen molar-refractivity contribution < 1.29 is 14.2 Å². The van der Waals surface area contributed by atoms with Crippen LogP contribution in [0.3, 0.4) is 0 Å². The van der Waals surface area contributed by atoms with Gasteiger partial charge < -0.3 is 15.2 Å². The normalized spacial score (nSPS) is 10.9. The van der Waals surface area contributed by atoms with Crippen LogP contribution >= 0.6 is 0 Å². The number of nitrogens with zero attached hydrogens (tertiary/aromatic N) is 5. The second-order valence-electron chi connectivity index (χ2n) is 5.62. The maximum Gasteiger partial charge on any atom is 0.213 e. The first-order valence-electron chi connectivity index (χ1n) is 8.06. The number of aliphatic hydroxyl groups is 1. The molecule has 0 fully saturated rings. The van der Waals surface area contributed by atoms with Crippen molar-refractivity contribution >= 4 is 17.0 Å². The minimum absolute atomic E-state index is 0.204. The van der Waals surface area contributed by atoms with Crippen LogP contribution in [-0.4, -0.2) is 36.8 Å². The van der Waals surface area contributed by atoms with E-state index in [1.807, 2.05) is 0 Å². The van der Waals surface area contributed by atoms with Crippen LogP contribution in [0.15, 0.2) is 48.9 Å². The Morgan fingerprint density at radius 3 is 2.89 bits per heavy atom. The molecular weight excluding hydrogens is 351 g/mol. The summed E-state index contributed by atoms with van der Waals surface area (Å²) in [5, 5.41) is 17.0. The smallest absolute Gasteiger partial charge is 0.213 e. The number of ether oxygens (including phenoxy) is 1. The molecule has 0 amide bonds. The number of hydrogen-bond donors (Lipinski definition) is 2. The second-order valence-corrected chi connectivity index (χ2v) is 5.62. The van der Waals surface area contributed by atoms with Crippen molar-refractivity contribution in [2.75, 3.05) is 12.4 Å². The summed E-state index contributed by atoms with van der Waals surface area (Å²) in [4.78, 5) is 12.6. The van der Waals surface area contributed by atoms with E-state index in [4.69, 9.17) is 4.74 Å². The van der Waals surface area contributed by atoms with E-state index in [0.717, 1.165) is 6.20 Å². The molecule has 9 heteroatoms. The lowest BCUT2D eigenvalue weighted by Crippen LogP contribution is -2.06. The standard InChI is InChI=1S/C18H15FN6O2/c1-27-15-4-2-3-14(21-15)17-23-18(22-13-5-7-20-9-12(13)19)16-11(10-26)6-8-25(16)24-17/h2-9,26H,10H2,1H3,(H,20,22,23,24). The number of aromatic nitrogens is 5. The van der Waals surface area contributed by atoms with Gasteiger partial charge in [-0.2, -0.15) is 0 Å². The quantitative estimate of drug-likeness (QED) is 0.560. The largest absolute Gasteiger partial charge is 0.481 e. The number of rotatable bonds is 5. The molecule has 2 N–H and O–H groups in total. The van der Waals surface area contributed by atoms with Gasteiger partial charge in [-0.3, -0.25) is 4.98 Å². The number of methoxy groups -OCH3 is 1. The summed E-state index contributed by atoms with van der Waals surface area (Å²) >= 11 is 0. The van der Waals surface area contributed by atoms with Crippen molar-refractivity contribution in [1.29, 1.82) is 0 Å². The number of hydrogen-bond acceptors (Lipinski definition) is 7. The molecule has 0 aliphatic carbocycles. The lowest BCUT2D eigenvalue weighted by Gasteiger charge is -2.11. The second kappa shape index (κ2) is 6.96. The van der Waals surface area contributed by atoms with Gasteiger partial charge in [-0.05, 0) is 18.2 Å². The van der Waals surface area contributed by atoms with Gasteiger partial charge in [0.2, 0.25) is 11.7 Å². The molecule has 27 heavy (non-hydrogen) atoms. The van der Waals surface area contributed by atoms with Gasteiger partial charge in [0.05, 0.1) is 25.6 Å². The van der Waals surface area contributed by atoms with E-state index < -0.39 is 5.82 Å². The van der Waals surface area contributed by atoms with Crippen molar-refractivity contribution in [1.82, 2.24) is 24.6 Å². The van der Waals surface area contributed by atoms with Gasteiger partial charge in [0.25, 0.3) is 0 Å². The van der Waals surface area contributed by atoms with Crippen LogP contribution in [0.25, 0.3) is 17.0 Å². The van der Waals surface area contributed by atoms with Gasteiger partial charge >= 0.3 is 0 Å². The molecule has 0 atom stereocenters. The minimum atomic E-state index is -0.521. The predicted molar refractivity (Wildman–Crippen MR) is 96.2 cm³/mol. The Kier molecular flexibility index (Phi) is 4.35. The summed E-state index contributed by atoms with van der Waals surface area (Å²) in [6.07, 6.45) is 4.27. The Morgan fingerprint density at radius 2 is 2.11 bits per heavy atom. The Hall–Kier alpha value is -3.59. The maximum atomic E-state index is 14.1. The fourth-order valence-corrected chi connectivity index (χ4v) is 2.67. The van der Waals surface area contributed by atoms with Crippen LogP contribution < -0.4 is 10.1 Å². The van der Waals surface area contributed by atoms with Crippen LogP contribution in [-0.2, 0) is 6.61 Å². The highest BCUT2D eigenvalue weighted by Gasteiger charge is 2.16. The highest BCUT2D eigenvalue weighted by Crippen LogP contribution is 2.27. The summed E-state index contributed by atoms with van der Waals surface area (Å²) in [7, 11) is 1.52. The first-order valence-corrected chi connectivity index (χ1v) is 8.06. The summed E-state index contributed by atoms with van der Waals surface area (Å²) in [5.41, 5.74) is 1.85. The van der Waals surface area contributed by atoms with E-state index in [2.05, 4.69) is 25.4 Å². The number of nitrogens with one attached hydrogen (secondary N) is 1. The van der Waals surface area contributed by atoms with E-state index >= 15 is 0 Å². The first kappa shape index (κ1) is 16.9. The number of pyridine rings is 2. The van der Waals surface area contributed by atoms with E-state index in [1.54, 1.807) is 35.0 Å². The van der Waals surface area contributed by atoms with Gasteiger partial charge in [0, 0.05) is 24.0 Å². The molecular formula is C18H15FN6O2. The Labute approximate surface area is 153 Å². The maximum absolute atomic E-state index is 14.1. The zero-order valence-electron chi connectivity index (χ0n) is 14.3. The van der Waals surface area contributed by atoms with Crippen LogP contribution in [0.4, 0.5) is 15.9 Å². The molecule has 0 saturated carbocycles. The van der Waals surface area contributed by atoms with Gasteiger partial charge in [0.1, 0.15) is 11.2 Å². The molecule has 4 aromatic rings. The fourth-order valence-electron chi connectivity index (χ4n) is 2.67. The van der Waals surface area contributed by atoms with Crippen LogP contribution in [0.2, 0.25) is 0 Å². The molecule has 4 aromatic heterocycles. The Bertz CT molecular complexity index is 1110. The number of anilines is 2. The highest BCUT2D eigenvalue weighted by molar-refractivity contribution is 5.78. The molecule has 4 rings (SSSR count). The van der Waals surface area contributed by atoms with Crippen molar-refractivity contribution in [3.05, 3.63) is 60.3 Å². The molecule has 0 aromatic carbocycles. The highest BCUT2D eigenvalue weighted by atomic mass is 19.1. The molecule has 0 radical (unpaired) electrons. The zero-order chi connectivity index (χ0) is 18.8. The Morgan fingerprint density at radius 1 is 1.22 bits per heavy atom. The number of aliphatic hydroxyl groups excluding tert-OH is 1. The van der Waals surface area contributed by atoms with Crippen LogP contribution in [0.1, 0.15) is 5.56 Å². The first-order chi connectivity index (χ1) is 13.2. The number of fused-ring (bicyclic) bond motifs is 1. The molecule has 0 bridgehead atoms. The third-order valence-electron chi connectivity index (χ3n) is 3.95. The van der Waals surface area contributed by atoms with E-state index in [9.17, 15) is 9.50 Å². The molecule has 0 unspecified atom stereocenters. The van der Waals surface area contributed by atoms with E-state index in [-0.39, 0.29) is 12.3 Å². The third kappa shape index (κ3) is 3.15. The SMILES string of the molecule is COc1cccc(-c2nc(Nc3ccncc3F)c3c(CO)ccn3n2)n1. The topological polar surface area (TPSA) is 97.5 Å². The van der Waals surface area contributed by atoms with Gasteiger partial charge in [-0.25, -0.2) is 18.9 Å². The summed E-state index contributed by atoms with van der Waals surface area (Å²) < 4.78 is 20.8. The average Bonchev–Trinajstić information content (AvgIpc) is 3.13. The van der Waals surface area contributed by atoms with Crippen molar-refractivity contribution in [2.45, 2.75) is 6.61 Å². The molecule has 0 aliphatic heterocycles. The summed E-state index contributed by atoms with van der Waals surface area (Å²) in [5.74, 6) is 0.559. The lowest BCUT2D eigenvalue weighted by molar-refractivity contribution is 0.283. The fraction of sp³-hybridized carbons (Fsp3) is 0.111. The van der Waals surface area contributed by atoms with E-state index in [0.29, 0.717) is 34.3 Å². The monoisotopic (exact) mass is 366 g/mol. The molecule has 8 nitrogen and oxygen atoms in total. The lowest BCUT2D eigenvalue weighted by atomic mass is 10.2. The van der Waals surface area contributed by atoms with Crippen LogP contribution in [0.5, 0.6) is 5.88 Å². The van der Waals surface area contributed by atoms with E-state index in [1.165, 1.54) is 19.4 Å². The average molecular weight is 366 g/mol. The molecule has 0 saturated heterocycles. The molecule has 0 spiro atoms. The molecule has 0 aliphatic rings. The van der Waals surface area contributed by atoms with Crippen molar-refractivity contribution in [2.24, 2.45) is 0 Å². The zero-order valence-corrected chi connectivity index (χ0v) is 14.3. The Balaban J connectivity index is 1.89.